The maximum Gasteiger partial charge on any atom is 0.412 e. The summed E-state index contributed by atoms with van der Waals surface area (Å²) >= 11 is 0. The molecule has 0 saturated heterocycles. The molecule has 11 heteroatoms. The minimum atomic E-state index is -2.33. The van der Waals surface area contributed by atoms with E-state index in [1.807, 2.05) is 20.4 Å². The van der Waals surface area contributed by atoms with Crippen LogP contribution in [-0.2, 0) is 8.85 Å². The number of carbonyl (C=O) groups is 1. The van der Waals surface area contributed by atoms with E-state index in [4.69, 9.17) is 8.85 Å². The molecule has 1 N–H and O–H groups in total. The zero-order valence-corrected chi connectivity index (χ0v) is 16.3. The molecule has 1 rings (SSSR count). The molecule has 0 fully saturated rings. The molecule has 0 spiro atoms. The van der Waals surface area contributed by atoms with Gasteiger partial charge in [0.2, 0.25) is 34.8 Å². The van der Waals surface area contributed by atoms with Gasteiger partial charge in [-0.1, -0.05) is 0 Å². The van der Waals surface area contributed by atoms with E-state index in [0.717, 1.165) is 0 Å². The molecule has 1 aromatic carbocycles. The van der Waals surface area contributed by atoms with Crippen LogP contribution in [0.2, 0.25) is 12.6 Å². The second-order valence-electron chi connectivity index (χ2n) is 5.67. The first-order chi connectivity index (χ1) is 12.7. The maximum absolute atomic E-state index is 13.4. The lowest BCUT2D eigenvalue weighted by Crippen LogP contribution is -2.38. The number of hydrogen-bond donors (Lipinski definition) is 1. The van der Waals surface area contributed by atoms with Crippen molar-refractivity contribution in [3.8, 4) is 5.75 Å². The largest absolute Gasteiger partial charge is 0.412 e. The van der Waals surface area contributed by atoms with Crippen molar-refractivity contribution in [2.75, 3.05) is 19.8 Å². The van der Waals surface area contributed by atoms with Crippen molar-refractivity contribution in [1.29, 1.82) is 0 Å². The number of nitrogens with one attached hydrogen (secondary N) is 1. The molecule has 0 radical (unpaired) electrons. The van der Waals surface area contributed by atoms with Gasteiger partial charge >= 0.3 is 14.7 Å². The summed E-state index contributed by atoms with van der Waals surface area (Å²) in [5, 5.41) is 2.19. The van der Waals surface area contributed by atoms with Gasteiger partial charge in [-0.05, 0) is 39.3 Å². The molecule has 0 aliphatic heterocycles. The second kappa shape index (κ2) is 10.6. The molecule has 0 aliphatic carbocycles. The summed E-state index contributed by atoms with van der Waals surface area (Å²) in [5.74, 6) is -12.8. The average Bonchev–Trinajstić information content (AvgIpc) is 2.62. The molecule has 154 valence electrons. The fourth-order valence-corrected chi connectivity index (χ4v) is 4.85. The fraction of sp³-hybridized carbons (Fsp3) is 0.562. The van der Waals surface area contributed by atoms with Gasteiger partial charge in [0.15, 0.2) is 0 Å². The summed E-state index contributed by atoms with van der Waals surface area (Å²) in [6, 6.07) is 0.670. The number of benzene rings is 1. The monoisotopic (exact) mass is 415 g/mol. The van der Waals surface area contributed by atoms with Gasteiger partial charge < -0.3 is 18.9 Å². The Morgan fingerprint density at radius 1 is 0.889 bits per heavy atom. The zero-order valence-electron chi connectivity index (χ0n) is 15.3. The van der Waals surface area contributed by atoms with E-state index in [2.05, 4.69) is 10.1 Å². The molecule has 0 aromatic heterocycles. The van der Waals surface area contributed by atoms with Crippen LogP contribution >= 0.6 is 0 Å². The molecule has 0 unspecified atom stereocenters. The van der Waals surface area contributed by atoms with Crippen LogP contribution in [0.3, 0.4) is 0 Å². The lowest BCUT2D eigenvalue weighted by molar-refractivity contribution is 0.187. The van der Waals surface area contributed by atoms with Crippen molar-refractivity contribution in [1.82, 2.24) is 5.32 Å². The zero-order chi connectivity index (χ0) is 20.6. The highest BCUT2D eigenvalue weighted by Gasteiger charge is 2.30. The molecular formula is C16H22F5NO4Si. The van der Waals surface area contributed by atoms with Gasteiger partial charge in [0.1, 0.15) is 0 Å². The van der Waals surface area contributed by atoms with Crippen molar-refractivity contribution in [2.45, 2.75) is 39.3 Å². The first-order valence-electron chi connectivity index (χ1n) is 8.41. The molecule has 0 aliphatic rings. The Morgan fingerprint density at radius 2 is 1.37 bits per heavy atom. The molecule has 27 heavy (non-hydrogen) atoms. The van der Waals surface area contributed by atoms with Gasteiger partial charge in [-0.3, -0.25) is 0 Å². The molecule has 1 aromatic rings. The topological polar surface area (TPSA) is 56.8 Å². The van der Waals surface area contributed by atoms with E-state index in [0.29, 0.717) is 32.1 Å². The first-order valence-corrected chi connectivity index (χ1v) is 10.9. The van der Waals surface area contributed by atoms with Crippen molar-refractivity contribution in [2.24, 2.45) is 0 Å². The number of unbranched alkanes of at least 4 members (excludes halogenated alkanes) is 1. The second-order valence-corrected chi connectivity index (χ2v) is 9.02. The van der Waals surface area contributed by atoms with Crippen LogP contribution in [0.4, 0.5) is 26.7 Å². The number of ether oxygens (including phenoxy) is 1. The minimum Gasteiger partial charge on any atom is -0.404 e. The Morgan fingerprint density at radius 3 is 1.85 bits per heavy atom. The Kier molecular flexibility index (Phi) is 9.13. The molecule has 0 saturated carbocycles. The van der Waals surface area contributed by atoms with Gasteiger partial charge in [0.25, 0.3) is 0 Å². The summed E-state index contributed by atoms with van der Waals surface area (Å²) in [6.07, 6.45) is -0.201. The normalized spacial score (nSPS) is 11.6. The van der Waals surface area contributed by atoms with Crippen molar-refractivity contribution >= 4 is 14.7 Å². The van der Waals surface area contributed by atoms with Crippen molar-refractivity contribution < 1.29 is 40.3 Å². The van der Waals surface area contributed by atoms with Crippen molar-refractivity contribution in [3.05, 3.63) is 29.1 Å². The molecule has 0 atom stereocenters. The van der Waals surface area contributed by atoms with Crippen LogP contribution in [0.25, 0.3) is 0 Å². The predicted molar refractivity (Wildman–Crippen MR) is 89.2 cm³/mol. The van der Waals surface area contributed by atoms with E-state index in [-0.39, 0.29) is 6.54 Å². The first kappa shape index (κ1) is 23.3. The van der Waals surface area contributed by atoms with E-state index in [1.165, 1.54) is 0 Å². The van der Waals surface area contributed by atoms with E-state index in [1.54, 1.807) is 0 Å². The van der Waals surface area contributed by atoms with Crippen LogP contribution in [0.5, 0.6) is 5.75 Å². The van der Waals surface area contributed by atoms with Crippen LogP contribution in [0.15, 0.2) is 0 Å². The molecule has 1 amide bonds. The van der Waals surface area contributed by atoms with Crippen LogP contribution < -0.4 is 10.1 Å². The van der Waals surface area contributed by atoms with Crippen LogP contribution in [0.1, 0.15) is 26.7 Å². The number of halogens is 5. The molecule has 0 bridgehead atoms. The number of hydrogen-bond acceptors (Lipinski definition) is 4. The quantitative estimate of drug-likeness (QED) is 0.202. The number of rotatable bonds is 10. The van der Waals surface area contributed by atoms with Gasteiger partial charge in [-0.2, -0.15) is 8.78 Å². The van der Waals surface area contributed by atoms with E-state index >= 15 is 0 Å². The van der Waals surface area contributed by atoms with Gasteiger partial charge in [-0.25, -0.2) is 18.0 Å². The highest BCUT2D eigenvalue weighted by atomic mass is 28.4. The summed E-state index contributed by atoms with van der Waals surface area (Å²) in [6.45, 7) is 6.77. The number of carbonyl (C=O) groups excluding carboxylic acids is 1. The van der Waals surface area contributed by atoms with E-state index < -0.39 is 49.5 Å². The Hall–Kier alpha value is -1.72. The summed E-state index contributed by atoms with van der Waals surface area (Å²) < 4.78 is 81.4. The summed E-state index contributed by atoms with van der Waals surface area (Å²) in [7, 11) is -2.28. The lowest BCUT2D eigenvalue weighted by atomic mass is 10.2. The molecule has 0 heterocycles. The SMILES string of the molecule is CCO[Si](C)(CCCCNC(=O)Oc1c(F)c(F)c(F)c(F)c1F)OCC. The van der Waals surface area contributed by atoms with Crippen LogP contribution in [-0.4, -0.2) is 34.4 Å². The van der Waals surface area contributed by atoms with Gasteiger partial charge in [0, 0.05) is 19.8 Å². The summed E-state index contributed by atoms with van der Waals surface area (Å²) in [5.41, 5.74) is 0. The Balaban J connectivity index is 2.51. The van der Waals surface area contributed by atoms with Gasteiger partial charge in [-0.15, -0.1) is 0 Å². The highest BCUT2D eigenvalue weighted by Crippen LogP contribution is 2.29. The summed E-state index contributed by atoms with van der Waals surface area (Å²) in [4.78, 5) is 11.5. The fourth-order valence-electron chi connectivity index (χ4n) is 2.36. The third kappa shape index (κ3) is 6.43. The number of amides is 1. The molecule has 5 nitrogen and oxygen atoms in total. The standard InChI is InChI=1S/C16H22F5NO4Si/c1-4-24-27(3,25-5-2)9-7-6-8-22-16(23)26-15-13(20)11(18)10(17)12(19)14(15)21/h4-9H2,1-3H3,(H,22,23). The smallest absolute Gasteiger partial charge is 0.404 e. The lowest BCUT2D eigenvalue weighted by Gasteiger charge is -2.25. The van der Waals surface area contributed by atoms with Crippen molar-refractivity contribution in [3.63, 3.8) is 0 Å². The molecular weight excluding hydrogens is 393 g/mol. The Bertz CT molecular complexity index is 627. The maximum atomic E-state index is 13.4. The van der Waals surface area contributed by atoms with Gasteiger partial charge in [0.05, 0.1) is 0 Å². The third-order valence-electron chi connectivity index (χ3n) is 3.59. The van der Waals surface area contributed by atoms with Crippen LogP contribution in [0, 0.1) is 29.1 Å². The predicted octanol–water partition coefficient (Wildman–Crippen LogP) is 4.40. The minimum absolute atomic E-state index is 0.0803. The third-order valence-corrected chi connectivity index (χ3v) is 6.65. The average molecular weight is 415 g/mol. The Labute approximate surface area is 155 Å². The van der Waals surface area contributed by atoms with E-state index in [9.17, 15) is 26.7 Å². The highest BCUT2D eigenvalue weighted by molar-refractivity contribution is 6.66.